The molecule has 6 heteroatoms. The molecule has 0 radical (unpaired) electrons. The first-order valence-electron chi connectivity index (χ1n) is 9.73. The molecule has 1 aromatic heterocycles. The number of nitrogens with two attached hydrogens (primary N) is 1. The fraction of sp³-hybridized carbons (Fsp3) is 0.364. The number of aromatic nitrogens is 2. The molecule has 2 heterocycles. The standard InChI is InChI=1S/C22H30N6/c1-16-6-7-20(21(14-16)24-9-8-23)18(3)27-10-5-11-28(13-12-27)22-15-17(2)25-19(4)26-22/h6-9,14-15,24H,3,5,10-13,23H2,1-2,4H3/b9-8-. The monoisotopic (exact) mass is 378 g/mol. The van der Waals surface area contributed by atoms with Gasteiger partial charge in [-0.1, -0.05) is 18.7 Å². The molecule has 1 aromatic carbocycles. The maximum atomic E-state index is 5.50. The van der Waals surface area contributed by atoms with Crippen LogP contribution in [0.2, 0.25) is 0 Å². The van der Waals surface area contributed by atoms with E-state index < -0.39 is 0 Å². The average Bonchev–Trinajstić information content (AvgIpc) is 2.91. The van der Waals surface area contributed by atoms with Crippen LogP contribution in [0, 0.1) is 20.8 Å². The Kier molecular flexibility index (Phi) is 6.19. The number of benzene rings is 1. The Morgan fingerprint density at radius 2 is 1.93 bits per heavy atom. The molecule has 2 aromatic rings. The topological polar surface area (TPSA) is 70.3 Å². The Labute approximate surface area is 167 Å². The molecule has 3 N–H and O–H groups in total. The minimum absolute atomic E-state index is 0.823. The lowest BCUT2D eigenvalue weighted by Crippen LogP contribution is -2.30. The second-order valence-corrected chi connectivity index (χ2v) is 7.24. The number of rotatable bonds is 5. The van der Waals surface area contributed by atoms with Crippen molar-refractivity contribution in [2.75, 3.05) is 36.4 Å². The van der Waals surface area contributed by atoms with Gasteiger partial charge in [0, 0.05) is 67.3 Å². The molecule has 0 amide bonds. The van der Waals surface area contributed by atoms with Gasteiger partial charge in [0.05, 0.1) is 0 Å². The van der Waals surface area contributed by atoms with E-state index in [0.29, 0.717) is 0 Å². The maximum Gasteiger partial charge on any atom is 0.132 e. The van der Waals surface area contributed by atoms with E-state index in [0.717, 1.165) is 66.9 Å². The van der Waals surface area contributed by atoms with Crippen molar-refractivity contribution in [3.8, 4) is 0 Å². The van der Waals surface area contributed by atoms with E-state index >= 15 is 0 Å². The molecule has 0 saturated carbocycles. The molecule has 0 spiro atoms. The zero-order valence-electron chi connectivity index (χ0n) is 17.1. The van der Waals surface area contributed by atoms with Gasteiger partial charge in [0.1, 0.15) is 11.6 Å². The second kappa shape index (κ2) is 8.78. The summed E-state index contributed by atoms with van der Waals surface area (Å²) < 4.78 is 0. The van der Waals surface area contributed by atoms with Gasteiger partial charge in [-0.3, -0.25) is 0 Å². The summed E-state index contributed by atoms with van der Waals surface area (Å²) in [6.07, 6.45) is 4.30. The third kappa shape index (κ3) is 4.63. The fourth-order valence-electron chi connectivity index (χ4n) is 3.61. The van der Waals surface area contributed by atoms with Gasteiger partial charge in [0.2, 0.25) is 0 Å². The highest BCUT2D eigenvalue weighted by atomic mass is 15.3. The van der Waals surface area contributed by atoms with Crippen LogP contribution in [0.15, 0.2) is 43.2 Å². The van der Waals surface area contributed by atoms with Crippen molar-refractivity contribution in [3.05, 3.63) is 65.9 Å². The van der Waals surface area contributed by atoms with Crippen molar-refractivity contribution in [2.45, 2.75) is 27.2 Å². The van der Waals surface area contributed by atoms with E-state index in [1.54, 1.807) is 6.20 Å². The van der Waals surface area contributed by atoms with E-state index in [-0.39, 0.29) is 0 Å². The lowest BCUT2D eigenvalue weighted by molar-refractivity contribution is 0.426. The molecule has 0 atom stereocenters. The van der Waals surface area contributed by atoms with Gasteiger partial charge in [-0.2, -0.15) is 0 Å². The van der Waals surface area contributed by atoms with E-state index in [1.165, 1.54) is 11.8 Å². The summed E-state index contributed by atoms with van der Waals surface area (Å²) >= 11 is 0. The quantitative estimate of drug-likeness (QED) is 0.831. The van der Waals surface area contributed by atoms with E-state index in [9.17, 15) is 0 Å². The molecular formula is C22H30N6. The Hall–Kier alpha value is -3.02. The lowest BCUT2D eigenvalue weighted by atomic mass is 10.1. The predicted octanol–water partition coefficient (Wildman–Crippen LogP) is 3.43. The zero-order valence-corrected chi connectivity index (χ0v) is 17.1. The largest absolute Gasteiger partial charge is 0.403 e. The molecular weight excluding hydrogens is 348 g/mol. The van der Waals surface area contributed by atoms with E-state index in [4.69, 9.17) is 5.73 Å². The Morgan fingerprint density at radius 3 is 2.68 bits per heavy atom. The minimum Gasteiger partial charge on any atom is -0.403 e. The number of nitrogens with one attached hydrogen (secondary N) is 1. The van der Waals surface area contributed by atoms with Crippen molar-refractivity contribution >= 4 is 17.2 Å². The van der Waals surface area contributed by atoms with Crippen molar-refractivity contribution in [1.29, 1.82) is 0 Å². The van der Waals surface area contributed by atoms with Crippen LogP contribution in [0.3, 0.4) is 0 Å². The van der Waals surface area contributed by atoms with Crippen molar-refractivity contribution < 1.29 is 0 Å². The number of hydrogen-bond acceptors (Lipinski definition) is 6. The van der Waals surface area contributed by atoms with Gasteiger partial charge < -0.3 is 20.9 Å². The molecule has 1 aliphatic rings. The number of nitrogens with zero attached hydrogens (tertiary/aromatic N) is 4. The molecule has 1 aliphatic heterocycles. The first-order valence-corrected chi connectivity index (χ1v) is 9.73. The van der Waals surface area contributed by atoms with Crippen LogP contribution in [0.1, 0.15) is 29.1 Å². The van der Waals surface area contributed by atoms with Crippen LogP contribution in [-0.2, 0) is 0 Å². The molecule has 0 aliphatic carbocycles. The van der Waals surface area contributed by atoms with Gasteiger partial charge in [0.15, 0.2) is 0 Å². The number of hydrogen-bond donors (Lipinski definition) is 2. The SMILES string of the molecule is C=C(c1ccc(C)cc1N/C=C\N)N1CCCN(c2cc(C)nc(C)n2)CC1. The Morgan fingerprint density at radius 1 is 1.11 bits per heavy atom. The van der Waals surface area contributed by atoms with Crippen LogP contribution < -0.4 is 16.0 Å². The number of aryl methyl sites for hydroxylation is 3. The molecule has 0 bridgehead atoms. The summed E-state index contributed by atoms with van der Waals surface area (Å²) in [6.45, 7) is 14.2. The molecule has 0 unspecified atom stereocenters. The number of anilines is 2. The lowest BCUT2D eigenvalue weighted by Gasteiger charge is -2.27. The fourth-order valence-corrected chi connectivity index (χ4v) is 3.61. The van der Waals surface area contributed by atoms with Crippen molar-refractivity contribution in [3.63, 3.8) is 0 Å². The van der Waals surface area contributed by atoms with Crippen LogP contribution in [0.25, 0.3) is 5.70 Å². The van der Waals surface area contributed by atoms with E-state index in [1.807, 2.05) is 13.8 Å². The highest BCUT2D eigenvalue weighted by molar-refractivity contribution is 5.75. The summed E-state index contributed by atoms with van der Waals surface area (Å²) in [6, 6.07) is 8.44. The Bertz CT molecular complexity index is 853. The highest BCUT2D eigenvalue weighted by Gasteiger charge is 2.19. The third-order valence-corrected chi connectivity index (χ3v) is 4.98. The van der Waals surface area contributed by atoms with Gasteiger partial charge >= 0.3 is 0 Å². The van der Waals surface area contributed by atoms with Crippen LogP contribution in [0.5, 0.6) is 0 Å². The van der Waals surface area contributed by atoms with Gasteiger partial charge in [-0.25, -0.2) is 9.97 Å². The normalized spacial score (nSPS) is 15.0. The highest BCUT2D eigenvalue weighted by Crippen LogP contribution is 2.28. The maximum absolute atomic E-state index is 5.50. The van der Waals surface area contributed by atoms with Gasteiger partial charge in [-0.15, -0.1) is 0 Å². The van der Waals surface area contributed by atoms with Crippen molar-refractivity contribution in [1.82, 2.24) is 14.9 Å². The predicted molar refractivity (Wildman–Crippen MR) is 117 cm³/mol. The first kappa shape index (κ1) is 19.7. The summed E-state index contributed by atoms with van der Waals surface area (Å²) in [5, 5.41) is 3.27. The summed E-state index contributed by atoms with van der Waals surface area (Å²) in [4.78, 5) is 13.7. The molecule has 6 nitrogen and oxygen atoms in total. The zero-order chi connectivity index (χ0) is 20.1. The van der Waals surface area contributed by atoms with E-state index in [2.05, 4.69) is 62.9 Å². The Balaban J connectivity index is 1.76. The van der Waals surface area contributed by atoms with Crippen molar-refractivity contribution in [2.24, 2.45) is 5.73 Å². The van der Waals surface area contributed by atoms with Crippen LogP contribution in [-0.4, -0.2) is 41.0 Å². The van der Waals surface area contributed by atoms with Gasteiger partial charge in [0.25, 0.3) is 0 Å². The molecule has 1 saturated heterocycles. The van der Waals surface area contributed by atoms with Gasteiger partial charge in [-0.05, 0) is 38.8 Å². The summed E-state index contributed by atoms with van der Waals surface area (Å²) in [5.74, 6) is 1.84. The molecule has 1 fully saturated rings. The van der Waals surface area contributed by atoms with Crippen LogP contribution >= 0.6 is 0 Å². The molecule has 28 heavy (non-hydrogen) atoms. The molecule has 3 rings (SSSR count). The minimum atomic E-state index is 0.823. The van der Waals surface area contributed by atoms with Crippen LogP contribution in [0.4, 0.5) is 11.5 Å². The first-order chi connectivity index (χ1) is 13.5. The summed E-state index contributed by atoms with van der Waals surface area (Å²) in [7, 11) is 0. The average molecular weight is 379 g/mol. The summed E-state index contributed by atoms with van der Waals surface area (Å²) in [5.41, 5.74) is 10.9. The molecule has 148 valence electrons. The smallest absolute Gasteiger partial charge is 0.132 e. The second-order valence-electron chi connectivity index (χ2n) is 7.24. The third-order valence-electron chi connectivity index (χ3n) is 4.98.